The van der Waals surface area contributed by atoms with Crippen LogP contribution in [0.3, 0.4) is 0 Å². The van der Waals surface area contributed by atoms with Gasteiger partial charge in [-0.1, -0.05) is 80.2 Å². The molecule has 0 atom stereocenters. The Labute approximate surface area is 195 Å². The van der Waals surface area contributed by atoms with Crippen LogP contribution >= 0.6 is 0 Å². The third-order valence-corrected chi connectivity index (χ3v) is 3.48. The molecule has 2 aromatic rings. The van der Waals surface area contributed by atoms with Gasteiger partial charge in [-0.05, 0) is 31.5 Å². The minimum Gasteiger partial charge on any atom is -0.464 e. The van der Waals surface area contributed by atoms with E-state index in [4.69, 9.17) is 4.74 Å². The molecule has 0 spiro atoms. The van der Waals surface area contributed by atoms with E-state index in [1.165, 1.54) is 11.1 Å². The summed E-state index contributed by atoms with van der Waals surface area (Å²) in [5.74, 6) is 0.845. The van der Waals surface area contributed by atoms with Crippen molar-refractivity contribution < 1.29 is 26.5 Å². The van der Waals surface area contributed by atoms with E-state index in [2.05, 4.69) is 70.3 Å². The van der Waals surface area contributed by atoms with Gasteiger partial charge < -0.3 is 4.74 Å². The number of allylic oxidation sites excluding steroid dienone is 7. The molecule has 0 aromatic heterocycles. The van der Waals surface area contributed by atoms with Crippen molar-refractivity contribution >= 4 is 15.1 Å². The molecule has 0 bridgehead atoms. The molecule has 0 amide bonds. The summed E-state index contributed by atoms with van der Waals surface area (Å²) in [5, 5.41) is 0. The second kappa shape index (κ2) is 17.0. The fourth-order valence-electron chi connectivity index (χ4n) is 2.27. The van der Waals surface area contributed by atoms with Gasteiger partial charge in [0.15, 0.2) is 0 Å². The van der Waals surface area contributed by atoms with E-state index in [0.29, 0.717) is 0 Å². The van der Waals surface area contributed by atoms with Crippen molar-refractivity contribution in [2.45, 2.75) is 40.3 Å². The normalized spacial score (nSPS) is 11.6. The second-order valence-electron chi connectivity index (χ2n) is 6.64. The number of hydrogen-bond acceptors (Lipinski definition) is 1. The van der Waals surface area contributed by atoms with Crippen molar-refractivity contribution in [1.29, 1.82) is 0 Å². The van der Waals surface area contributed by atoms with Crippen LogP contribution in [-0.2, 0) is 21.7 Å². The zero-order chi connectivity index (χ0) is 20.6. The van der Waals surface area contributed by atoms with Gasteiger partial charge in [-0.15, -0.1) is 6.42 Å². The first-order valence-electron chi connectivity index (χ1n) is 9.67. The quantitative estimate of drug-likeness (QED) is 0.212. The SMILES string of the molecule is CC(C)=CC(=COc1ccccc1)c1ccccc1.CC1=[C-]CC=C1.C[SiH]C.[Ti]. The maximum Gasteiger partial charge on any atom is 0.126 e. The first-order chi connectivity index (χ1) is 13.6. The largest absolute Gasteiger partial charge is 0.464 e. The molecule has 0 aliphatic heterocycles. The van der Waals surface area contributed by atoms with E-state index in [0.717, 1.165) is 32.8 Å². The van der Waals surface area contributed by atoms with E-state index in [-0.39, 0.29) is 21.7 Å². The van der Waals surface area contributed by atoms with Gasteiger partial charge in [-0.3, -0.25) is 6.08 Å². The van der Waals surface area contributed by atoms with Crippen molar-refractivity contribution in [3.8, 4) is 5.75 Å². The van der Waals surface area contributed by atoms with E-state index in [1.54, 1.807) is 6.26 Å². The van der Waals surface area contributed by atoms with E-state index < -0.39 is 0 Å². The third-order valence-electron chi connectivity index (χ3n) is 3.48. The van der Waals surface area contributed by atoms with Gasteiger partial charge in [0.05, 0.1) is 6.26 Å². The standard InChI is InChI=1S/C18H18O.C6H7.C2H7Si.Ti/c1-15(2)13-17(16-9-5-3-6-10-16)14-19-18-11-7-4-8-12-18;1-6-4-2-3-5-6;1-3-2;/h3-14H,1-2H3;2,4H,3H2,1H3;3H,1-2H3;/q;-1;;. The summed E-state index contributed by atoms with van der Waals surface area (Å²) in [6, 6.07) is 20.0. The first-order valence-corrected chi connectivity index (χ1v) is 12.0. The Morgan fingerprint density at radius 2 is 1.52 bits per heavy atom. The van der Waals surface area contributed by atoms with Crippen LogP contribution in [0, 0.1) is 6.08 Å². The molecular formula is C26H32OSiTi-. The molecule has 2 aromatic carbocycles. The van der Waals surface area contributed by atoms with Crippen LogP contribution in [0.5, 0.6) is 5.75 Å². The minimum absolute atomic E-state index is 0. The summed E-state index contributed by atoms with van der Waals surface area (Å²) in [4.78, 5) is 0. The molecule has 1 nitrogen and oxygen atoms in total. The molecule has 0 fully saturated rings. The van der Waals surface area contributed by atoms with Crippen molar-refractivity contribution in [2.24, 2.45) is 0 Å². The minimum atomic E-state index is 0. The molecule has 0 saturated carbocycles. The van der Waals surface area contributed by atoms with Crippen LogP contribution in [0.1, 0.15) is 32.8 Å². The van der Waals surface area contributed by atoms with E-state index >= 15 is 0 Å². The Kier molecular flexibility index (Phi) is 15.9. The Morgan fingerprint density at radius 3 is 1.93 bits per heavy atom. The van der Waals surface area contributed by atoms with Crippen LogP contribution in [-0.4, -0.2) is 9.52 Å². The van der Waals surface area contributed by atoms with Crippen molar-refractivity contribution in [2.75, 3.05) is 0 Å². The van der Waals surface area contributed by atoms with Gasteiger partial charge in [0.25, 0.3) is 0 Å². The Bertz CT molecular complexity index is 783. The van der Waals surface area contributed by atoms with Crippen LogP contribution in [0.2, 0.25) is 13.1 Å². The average molecular weight is 436 g/mol. The average Bonchev–Trinajstić information content (AvgIpc) is 3.18. The topological polar surface area (TPSA) is 9.23 Å². The summed E-state index contributed by atoms with van der Waals surface area (Å²) < 4.78 is 5.72. The van der Waals surface area contributed by atoms with Gasteiger partial charge in [0.1, 0.15) is 5.75 Å². The fraction of sp³-hybridized carbons (Fsp3) is 0.231. The predicted molar refractivity (Wildman–Crippen MR) is 126 cm³/mol. The maximum absolute atomic E-state index is 5.72. The van der Waals surface area contributed by atoms with Crippen molar-refractivity contribution in [3.63, 3.8) is 0 Å². The molecule has 0 heterocycles. The van der Waals surface area contributed by atoms with Gasteiger partial charge in [-0.2, -0.15) is 6.08 Å². The number of para-hydroxylation sites is 1. The van der Waals surface area contributed by atoms with Crippen LogP contribution in [0.15, 0.2) is 96.3 Å². The predicted octanol–water partition coefficient (Wildman–Crippen LogP) is 7.29. The zero-order valence-electron chi connectivity index (χ0n) is 18.3. The molecule has 29 heavy (non-hydrogen) atoms. The monoisotopic (exact) mass is 436 g/mol. The number of hydrogen-bond donors (Lipinski definition) is 0. The summed E-state index contributed by atoms with van der Waals surface area (Å²) >= 11 is 0. The zero-order valence-corrected chi connectivity index (χ0v) is 21.0. The number of benzene rings is 2. The summed E-state index contributed by atoms with van der Waals surface area (Å²) in [5.41, 5.74) is 4.74. The number of rotatable bonds is 4. The molecule has 151 valence electrons. The van der Waals surface area contributed by atoms with Gasteiger partial charge in [0, 0.05) is 36.8 Å². The molecular weight excluding hydrogens is 404 g/mol. The Balaban J connectivity index is 0.000000655. The van der Waals surface area contributed by atoms with Crippen molar-refractivity contribution in [1.82, 2.24) is 0 Å². The molecule has 0 N–H and O–H groups in total. The van der Waals surface area contributed by atoms with Crippen LogP contribution in [0.4, 0.5) is 0 Å². The fourth-order valence-corrected chi connectivity index (χ4v) is 2.27. The Morgan fingerprint density at radius 1 is 0.966 bits per heavy atom. The van der Waals surface area contributed by atoms with E-state index in [9.17, 15) is 0 Å². The smallest absolute Gasteiger partial charge is 0.126 e. The first kappa shape index (κ1) is 27.1. The number of ether oxygens (including phenoxy) is 1. The molecule has 0 saturated heterocycles. The second-order valence-corrected chi connectivity index (χ2v) is 7.79. The molecule has 1 radical (unpaired) electrons. The molecule has 1 aliphatic carbocycles. The van der Waals surface area contributed by atoms with Gasteiger partial charge >= 0.3 is 0 Å². The summed E-state index contributed by atoms with van der Waals surface area (Å²) in [6.07, 6.45) is 12.3. The molecule has 0 unspecified atom stereocenters. The van der Waals surface area contributed by atoms with E-state index in [1.807, 2.05) is 48.5 Å². The summed E-state index contributed by atoms with van der Waals surface area (Å²) in [7, 11) is 0.750. The van der Waals surface area contributed by atoms with Crippen LogP contribution < -0.4 is 4.74 Å². The molecule has 3 rings (SSSR count). The van der Waals surface area contributed by atoms with Crippen molar-refractivity contribution in [3.05, 3.63) is 108 Å². The molecule has 3 heteroatoms. The summed E-state index contributed by atoms with van der Waals surface area (Å²) in [6.45, 7) is 10.6. The van der Waals surface area contributed by atoms with Gasteiger partial charge in [-0.25, -0.2) is 11.6 Å². The van der Waals surface area contributed by atoms with Crippen LogP contribution in [0.25, 0.3) is 5.57 Å². The third kappa shape index (κ3) is 13.1. The Hall–Kier alpha value is -1.87. The van der Waals surface area contributed by atoms with Gasteiger partial charge in [0.2, 0.25) is 0 Å². The maximum atomic E-state index is 5.72. The molecule has 1 aliphatic rings.